The summed E-state index contributed by atoms with van der Waals surface area (Å²) in [5, 5.41) is 9.35. The van der Waals surface area contributed by atoms with E-state index in [4.69, 9.17) is 9.47 Å². The van der Waals surface area contributed by atoms with Gasteiger partial charge in [-0.1, -0.05) is 24.3 Å². The lowest BCUT2D eigenvalue weighted by molar-refractivity contribution is -0.155. The Kier molecular flexibility index (Phi) is 5.26. The summed E-state index contributed by atoms with van der Waals surface area (Å²) in [6.07, 6.45) is 7.72. The maximum atomic E-state index is 13.8. The van der Waals surface area contributed by atoms with Gasteiger partial charge in [-0.2, -0.15) is 0 Å². The molecule has 4 rings (SSSR count). The first kappa shape index (κ1) is 21.1. The highest BCUT2D eigenvalue weighted by Gasteiger charge is 2.71. The molecule has 0 bridgehead atoms. The average molecular weight is 418 g/mol. The Morgan fingerprint density at radius 1 is 1.20 bits per heavy atom. The molecule has 2 fully saturated rings. The smallest absolute Gasteiger partial charge is 0.312 e. The van der Waals surface area contributed by atoms with Gasteiger partial charge in [0.15, 0.2) is 0 Å². The number of carbonyl (C=O) groups excluding carboxylic acids is 3. The number of aliphatic hydroxyl groups is 1. The maximum Gasteiger partial charge on any atom is 0.312 e. The van der Waals surface area contributed by atoms with Gasteiger partial charge in [-0.3, -0.25) is 14.4 Å². The predicted molar refractivity (Wildman–Crippen MR) is 107 cm³/mol. The van der Waals surface area contributed by atoms with Crippen LogP contribution in [0.4, 0.5) is 0 Å². The topological polar surface area (TPSA) is 96.4 Å². The molecule has 4 aliphatic heterocycles. The summed E-state index contributed by atoms with van der Waals surface area (Å²) >= 11 is 0. The summed E-state index contributed by atoms with van der Waals surface area (Å²) in [5.41, 5.74) is -1.68. The Hall–Kier alpha value is -2.19. The molecule has 5 atom stereocenters. The first-order valence-electron chi connectivity index (χ1n) is 10.6. The number of hydrogen-bond acceptors (Lipinski definition) is 6. The summed E-state index contributed by atoms with van der Waals surface area (Å²) < 4.78 is 11.8. The van der Waals surface area contributed by atoms with Crippen LogP contribution in [0.5, 0.6) is 0 Å². The van der Waals surface area contributed by atoms with Gasteiger partial charge in [-0.15, -0.1) is 0 Å². The van der Waals surface area contributed by atoms with Gasteiger partial charge in [-0.05, 0) is 33.6 Å². The van der Waals surface area contributed by atoms with Crippen molar-refractivity contribution in [2.45, 2.75) is 56.9 Å². The van der Waals surface area contributed by atoms with E-state index in [9.17, 15) is 19.5 Å². The molecule has 1 N–H and O–H groups in total. The van der Waals surface area contributed by atoms with E-state index < -0.39 is 41.1 Å². The van der Waals surface area contributed by atoms with Crippen LogP contribution >= 0.6 is 0 Å². The van der Waals surface area contributed by atoms with Crippen molar-refractivity contribution in [2.24, 2.45) is 11.8 Å². The fourth-order valence-corrected chi connectivity index (χ4v) is 5.19. The van der Waals surface area contributed by atoms with Gasteiger partial charge in [0.25, 0.3) is 0 Å². The van der Waals surface area contributed by atoms with Gasteiger partial charge in [0.1, 0.15) is 17.6 Å². The number of fused-ring (bicyclic) bond motifs is 2. The van der Waals surface area contributed by atoms with Crippen molar-refractivity contribution in [2.75, 3.05) is 26.3 Å². The van der Waals surface area contributed by atoms with E-state index in [0.29, 0.717) is 19.4 Å². The quantitative estimate of drug-likeness (QED) is 0.534. The van der Waals surface area contributed by atoms with Gasteiger partial charge in [0.05, 0.1) is 18.6 Å². The lowest BCUT2D eigenvalue weighted by Gasteiger charge is -2.40. The number of likely N-dealkylation sites (tertiary alicyclic amines) is 1. The third kappa shape index (κ3) is 3.08. The van der Waals surface area contributed by atoms with Crippen LogP contribution in [-0.4, -0.2) is 82.3 Å². The number of cyclic esters (lactones) is 1. The zero-order valence-electron chi connectivity index (χ0n) is 17.7. The molecule has 0 aromatic rings. The van der Waals surface area contributed by atoms with Crippen LogP contribution in [0.3, 0.4) is 0 Å². The number of hydrogen-bond donors (Lipinski definition) is 1. The third-order valence-electron chi connectivity index (χ3n) is 6.49. The van der Waals surface area contributed by atoms with Crippen LogP contribution in [0.15, 0.2) is 24.3 Å². The fourth-order valence-electron chi connectivity index (χ4n) is 5.19. The van der Waals surface area contributed by atoms with Crippen molar-refractivity contribution < 1.29 is 29.0 Å². The minimum Gasteiger partial charge on any atom is -0.465 e. The van der Waals surface area contributed by atoms with Gasteiger partial charge >= 0.3 is 5.97 Å². The first-order valence-corrected chi connectivity index (χ1v) is 10.6. The summed E-state index contributed by atoms with van der Waals surface area (Å²) in [6, 6.07) is -0.881. The Bertz CT molecular complexity index is 800. The van der Waals surface area contributed by atoms with Crippen molar-refractivity contribution in [1.29, 1.82) is 0 Å². The van der Waals surface area contributed by atoms with Crippen molar-refractivity contribution in [3.63, 3.8) is 0 Å². The summed E-state index contributed by atoms with van der Waals surface area (Å²) in [5.74, 6) is -2.58. The molecule has 4 heterocycles. The number of aliphatic hydroxyl groups excluding tert-OH is 1. The Balaban J connectivity index is 1.83. The lowest BCUT2D eigenvalue weighted by atomic mass is 9.77. The number of rotatable bonds is 3. The zero-order chi connectivity index (χ0) is 21.7. The van der Waals surface area contributed by atoms with Crippen LogP contribution in [0.1, 0.15) is 33.6 Å². The molecular formula is C22H30N2O6. The summed E-state index contributed by atoms with van der Waals surface area (Å²) in [7, 11) is 0. The SMILES string of the molecule is CC(C)(C)N1CC=C[C@]23O[C@@H]4C=CCCOC(=O)[C@@H]4[C@H]2C(=O)N(CCCO)C3C1=O. The average Bonchev–Trinajstić information content (AvgIpc) is 3.03. The van der Waals surface area contributed by atoms with Crippen molar-refractivity contribution >= 4 is 17.8 Å². The number of ether oxygens (including phenoxy) is 2. The number of carbonyl (C=O) groups is 3. The Labute approximate surface area is 176 Å². The molecule has 8 nitrogen and oxygen atoms in total. The minimum atomic E-state index is -1.23. The lowest BCUT2D eigenvalue weighted by Crippen LogP contribution is -2.58. The Morgan fingerprint density at radius 3 is 2.67 bits per heavy atom. The van der Waals surface area contributed by atoms with E-state index in [1.165, 1.54) is 4.90 Å². The normalized spacial score (nSPS) is 36.1. The van der Waals surface area contributed by atoms with E-state index in [2.05, 4.69) is 0 Å². The van der Waals surface area contributed by atoms with Crippen LogP contribution in [0.2, 0.25) is 0 Å². The van der Waals surface area contributed by atoms with Crippen LogP contribution in [-0.2, 0) is 23.9 Å². The number of amides is 2. The van der Waals surface area contributed by atoms with E-state index in [1.54, 1.807) is 4.90 Å². The Morgan fingerprint density at radius 2 is 1.97 bits per heavy atom. The largest absolute Gasteiger partial charge is 0.465 e. The number of esters is 1. The van der Waals surface area contributed by atoms with Crippen LogP contribution in [0, 0.1) is 11.8 Å². The highest BCUT2D eigenvalue weighted by molar-refractivity contribution is 5.99. The first-order chi connectivity index (χ1) is 14.2. The summed E-state index contributed by atoms with van der Waals surface area (Å²) in [4.78, 5) is 43.5. The molecule has 2 amide bonds. The van der Waals surface area contributed by atoms with E-state index in [-0.39, 0.29) is 31.6 Å². The van der Waals surface area contributed by atoms with E-state index >= 15 is 0 Å². The summed E-state index contributed by atoms with van der Waals surface area (Å²) in [6.45, 7) is 6.64. The molecule has 30 heavy (non-hydrogen) atoms. The molecule has 8 heteroatoms. The fraction of sp³-hybridized carbons (Fsp3) is 0.682. The second-order valence-corrected chi connectivity index (χ2v) is 9.36. The van der Waals surface area contributed by atoms with Crippen LogP contribution < -0.4 is 0 Å². The second kappa shape index (κ2) is 7.50. The molecule has 0 aromatic carbocycles. The molecule has 164 valence electrons. The molecule has 0 aliphatic carbocycles. The third-order valence-corrected chi connectivity index (χ3v) is 6.49. The van der Waals surface area contributed by atoms with Crippen molar-refractivity contribution in [3.8, 4) is 0 Å². The predicted octanol–water partition coefficient (Wildman–Crippen LogP) is 0.650. The molecule has 0 saturated carbocycles. The standard InChI is InChI=1S/C22H30N2O6/c1-21(2,3)24-11-6-9-22-16(15-14(30-22)8-4-5-13-29-20(15)28)18(26)23(10-7-12-25)17(22)19(24)27/h4,6,8-9,14-17,25H,5,7,10-13H2,1-3H3/t14-,15+,16+,17?,22+/m1/s1. The van der Waals surface area contributed by atoms with Crippen molar-refractivity contribution in [3.05, 3.63) is 24.3 Å². The second-order valence-electron chi connectivity index (χ2n) is 9.36. The molecule has 2 saturated heterocycles. The van der Waals surface area contributed by atoms with Gasteiger partial charge in [0.2, 0.25) is 11.8 Å². The van der Waals surface area contributed by atoms with E-state index in [1.807, 2.05) is 45.1 Å². The zero-order valence-corrected chi connectivity index (χ0v) is 17.7. The molecule has 1 unspecified atom stereocenters. The van der Waals surface area contributed by atoms with Gasteiger partial charge in [0, 0.05) is 25.2 Å². The van der Waals surface area contributed by atoms with E-state index in [0.717, 1.165) is 0 Å². The number of nitrogens with zero attached hydrogens (tertiary/aromatic N) is 2. The minimum absolute atomic E-state index is 0.0983. The molecular weight excluding hydrogens is 388 g/mol. The molecule has 0 radical (unpaired) electrons. The van der Waals surface area contributed by atoms with Gasteiger partial charge < -0.3 is 24.4 Å². The maximum absolute atomic E-state index is 13.8. The molecule has 1 spiro atoms. The van der Waals surface area contributed by atoms with Crippen LogP contribution in [0.25, 0.3) is 0 Å². The molecule has 4 aliphatic rings. The highest BCUT2D eigenvalue weighted by atomic mass is 16.6. The highest BCUT2D eigenvalue weighted by Crippen LogP contribution is 2.53. The molecule has 0 aromatic heterocycles. The van der Waals surface area contributed by atoms with Gasteiger partial charge in [-0.25, -0.2) is 0 Å². The van der Waals surface area contributed by atoms with Crippen molar-refractivity contribution in [1.82, 2.24) is 9.80 Å². The monoisotopic (exact) mass is 418 g/mol.